The van der Waals surface area contributed by atoms with Crippen LogP contribution in [0.1, 0.15) is 44.9 Å². The lowest BCUT2D eigenvalue weighted by Crippen LogP contribution is -2.52. The average Bonchev–Trinajstić information content (AvgIpc) is 3.59. The monoisotopic (exact) mass is 480 g/mol. The highest BCUT2D eigenvalue weighted by molar-refractivity contribution is 5.96. The lowest BCUT2D eigenvalue weighted by molar-refractivity contribution is -0.129. The summed E-state index contributed by atoms with van der Waals surface area (Å²) >= 11 is 0. The second-order valence-electron chi connectivity index (χ2n) is 9.15. The van der Waals surface area contributed by atoms with Crippen molar-refractivity contribution in [3.63, 3.8) is 0 Å². The van der Waals surface area contributed by atoms with Crippen LogP contribution in [0.15, 0.2) is 42.6 Å². The molecule has 2 aliphatic rings. The van der Waals surface area contributed by atoms with Crippen molar-refractivity contribution in [2.24, 2.45) is 5.92 Å². The number of likely N-dealkylation sites (tertiary alicyclic amines) is 1. The van der Waals surface area contributed by atoms with E-state index in [0.29, 0.717) is 37.5 Å². The van der Waals surface area contributed by atoms with Crippen molar-refractivity contribution in [2.45, 2.75) is 51.0 Å². The maximum atomic E-state index is 13.4. The van der Waals surface area contributed by atoms with Gasteiger partial charge >= 0.3 is 6.03 Å². The van der Waals surface area contributed by atoms with E-state index in [1.54, 1.807) is 17.7 Å². The summed E-state index contributed by atoms with van der Waals surface area (Å²) in [4.78, 5) is 49.9. The van der Waals surface area contributed by atoms with Crippen molar-refractivity contribution in [3.05, 3.63) is 42.6 Å². The first kappa shape index (κ1) is 24.6. The number of hydrogen-bond acceptors (Lipinski definition) is 6. The van der Waals surface area contributed by atoms with Crippen LogP contribution in [-0.4, -0.2) is 68.5 Å². The fourth-order valence-corrected chi connectivity index (χ4v) is 4.92. The van der Waals surface area contributed by atoms with Gasteiger partial charge in [-0.25, -0.2) is 20.2 Å². The first-order chi connectivity index (χ1) is 17.0. The SMILES string of the molecule is O=C(CN(CCC1CCCC1)C(=O)N1CCC[C@H]1C(=O)Nc1nccc(-c2ccccc2)n1)NO. The van der Waals surface area contributed by atoms with Gasteiger partial charge in [-0.2, -0.15) is 0 Å². The number of urea groups is 1. The van der Waals surface area contributed by atoms with Gasteiger partial charge in [0.1, 0.15) is 12.6 Å². The van der Waals surface area contributed by atoms with Crippen LogP contribution in [0.5, 0.6) is 0 Å². The molecule has 10 nitrogen and oxygen atoms in total. The van der Waals surface area contributed by atoms with Crippen molar-refractivity contribution < 1.29 is 19.6 Å². The number of anilines is 1. The van der Waals surface area contributed by atoms with Gasteiger partial charge in [0.25, 0.3) is 5.91 Å². The number of nitrogens with one attached hydrogen (secondary N) is 2. The number of benzene rings is 1. The predicted molar refractivity (Wildman–Crippen MR) is 129 cm³/mol. The molecule has 1 atom stereocenters. The Morgan fingerprint density at radius 2 is 1.83 bits per heavy atom. The van der Waals surface area contributed by atoms with Gasteiger partial charge in [0.15, 0.2) is 0 Å². The zero-order valence-corrected chi connectivity index (χ0v) is 19.7. The zero-order valence-electron chi connectivity index (χ0n) is 19.7. The molecule has 1 aromatic carbocycles. The highest BCUT2D eigenvalue weighted by Crippen LogP contribution is 2.28. The number of nitrogens with zero attached hydrogens (tertiary/aromatic N) is 4. The minimum atomic E-state index is -0.683. The summed E-state index contributed by atoms with van der Waals surface area (Å²) in [5.41, 5.74) is 3.20. The van der Waals surface area contributed by atoms with Gasteiger partial charge in [0.2, 0.25) is 11.9 Å². The maximum absolute atomic E-state index is 13.4. The van der Waals surface area contributed by atoms with E-state index in [9.17, 15) is 14.4 Å². The third kappa shape index (κ3) is 6.33. The number of rotatable bonds is 8. The van der Waals surface area contributed by atoms with Crippen LogP contribution < -0.4 is 10.8 Å². The van der Waals surface area contributed by atoms with Gasteiger partial charge in [-0.3, -0.25) is 20.1 Å². The van der Waals surface area contributed by atoms with Crippen LogP contribution in [0.25, 0.3) is 11.3 Å². The first-order valence-electron chi connectivity index (χ1n) is 12.2. The summed E-state index contributed by atoms with van der Waals surface area (Å²) < 4.78 is 0. The molecule has 2 aromatic rings. The number of hydroxylamine groups is 1. The number of carbonyl (C=O) groups is 3. The molecule has 10 heteroatoms. The molecule has 186 valence electrons. The minimum Gasteiger partial charge on any atom is -0.315 e. The van der Waals surface area contributed by atoms with E-state index < -0.39 is 11.9 Å². The van der Waals surface area contributed by atoms with Gasteiger partial charge in [0, 0.05) is 24.8 Å². The Morgan fingerprint density at radius 3 is 2.57 bits per heavy atom. The molecular weight excluding hydrogens is 448 g/mol. The first-order valence-corrected chi connectivity index (χ1v) is 12.2. The summed E-state index contributed by atoms with van der Waals surface area (Å²) in [7, 11) is 0. The van der Waals surface area contributed by atoms with Crippen molar-refractivity contribution in [3.8, 4) is 11.3 Å². The second kappa shape index (κ2) is 11.7. The van der Waals surface area contributed by atoms with E-state index in [4.69, 9.17) is 5.21 Å². The van der Waals surface area contributed by atoms with E-state index in [2.05, 4.69) is 15.3 Å². The number of carbonyl (C=O) groups excluding carboxylic acids is 3. The lowest BCUT2D eigenvalue weighted by Gasteiger charge is -2.31. The molecule has 3 N–H and O–H groups in total. The summed E-state index contributed by atoms with van der Waals surface area (Å²) in [6.07, 6.45) is 8.22. The molecule has 1 aliphatic heterocycles. The third-order valence-electron chi connectivity index (χ3n) is 6.77. The molecule has 2 fully saturated rings. The Bertz CT molecular complexity index is 1030. The van der Waals surface area contributed by atoms with Crippen LogP contribution >= 0.6 is 0 Å². The van der Waals surface area contributed by atoms with Crippen molar-refractivity contribution >= 4 is 23.8 Å². The normalized spacial score (nSPS) is 17.9. The van der Waals surface area contributed by atoms with Crippen LogP contribution in [0, 0.1) is 5.92 Å². The van der Waals surface area contributed by atoms with Gasteiger partial charge in [0.05, 0.1) is 5.69 Å². The van der Waals surface area contributed by atoms with E-state index in [-0.39, 0.29) is 24.4 Å². The molecule has 1 saturated carbocycles. The summed E-state index contributed by atoms with van der Waals surface area (Å²) in [5.74, 6) is -0.304. The number of aromatic nitrogens is 2. The highest BCUT2D eigenvalue weighted by atomic mass is 16.5. The Labute approximate surface area is 204 Å². The van der Waals surface area contributed by atoms with E-state index in [1.165, 1.54) is 22.6 Å². The standard InChI is InChI=1S/C25H32N6O4/c32-22(29-35)17-30(16-13-18-7-4-5-8-18)25(34)31-15-6-11-21(31)23(33)28-24-26-14-12-20(27-24)19-9-2-1-3-10-19/h1-3,9-10,12,14,18,21,35H,4-8,11,13,15-17H2,(H,29,32)(H,26,27,28,33)/t21-/m0/s1. The van der Waals surface area contributed by atoms with E-state index in [1.807, 2.05) is 30.3 Å². The fraction of sp³-hybridized carbons (Fsp3) is 0.480. The smallest absolute Gasteiger partial charge is 0.315 e. The molecule has 0 bridgehead atoms. The quantitative estimate of drug-likeness (QED) is 0.394. The molecular formula is C25H32N6O4. The molecule has 1 saturated heterocycles. The fourth-order valence-electron chi connectivity index (χ4n) is 4.92. The summed E-state index contributed by atoms with van der Waals surface area (Å²) in [6.45, 7) is 0.571. The molecule has 2 heterocycles. The molecule has 0 radical (unpaired) electrons. The highest BCUT2D eigenvalue weighted by Gasteiger charge is 2.37. The van der Waals surface area contributed by atoms with Gasteiger partial charge in [-0.15, -0.1) is 0 Å². The van der Waals surface area contributed by atoms with E-state index >= 15 is 0 Å². The largest absolute Gasteiger partial charge is 0.321 e. The minimum absolute atomic E-state index is 0.174. The summed E-state index contributed by atoms with van der Waals surface area (Å²) in [6, 6.07) is 10.3. The predicted octanol–water partition coefficient (Wildman–Crippen LogP) is 3.05. The molecule has 35 heavy (non-hydrogen) atoms. The molecule has 1 aromatic heterocycles. The third-order valence-corrected chi connectivity index (χ3v) is 6.77. The average molecular weight is 481 g/mol. The van der Waals surface area contributed by atoms with Gasteiger partial charge < -0.3 is 9.80 Å². The van der Waals surface area contributed by atoms with Crippen molar-refractivity contribution in [2.75, 3.05) is 25.0 Å². The number of amides is 4. The molecule has 4 amide bonds. The maximum Gasteiger partial charge on any atom is 0.321 e. The topological polar surface area (TPSA) is 128 Å². The van der Waals surface area contributed by atoms with Gasteiger partial charge in [-0.05, 0) is 31.2 Å². The van der Waals surface area contributed by atoms with E-state index in [0.717, 1.165) is 24.8 Å². The molecule has 1 aliphatic carbocycles. The Kier molecular flexibility index (Phi) is 8.25. The molecule has 4 rings (SSSR count). The van der Waals surface area contributed by atoms with Crippen LogP contribution in [0.3, 0.4) is 0 Å². The second-order valence-corrected chi connectivity index (χ2v) is 9.15. The van der Waals surface area contributed by atoms with Crippen LogP contribution in [-0.2, 0) is 9.59 Å². The van der Waals surface area contributed by atoms with Gasteiger partial charge in [-0.1, -0.05) is 56.0 Å². The van der Waals surface area contributed by atoms with Crippen molar-refractivity contribution in [1.29, 1.82) is 0 Å². The summed E-state index contributed by atoms with van der Waals surface area (Å²) in [5, 5.41) is 11.7. The van der Waals surface area contributed by atoms with Crippen LogP contribution in [0.4, 0.5) is 10.7 Å². The lowest BCUT2D eigenvalue weighted by atomic mass is 10.0. The molecule has 0 unspecified atom stereocenters. The Morgan fingerprint density at radius 1 is 1.06 bits per heavy atom. The Hall–Kier alpha value is -3.53. The Balaban J connectivity index is 1.43. The molecule has 0 spiro atoms. The van der Waals surface area contributed by atoms with Crippen LogP contribution in [0.2, 0.25) is 0 Å². The zero-order chi connectivity index (χ0) is 24.6. The van der Waals surface area contributed by atoms with Crippen molar-refractivity contribution in [1.82, 2.24) is 25.2 Å². The number of hydrogen-bond donors (Lipinski definition) is 3.